The fourth-order valence-electron chi connectivity index (χ4n) is 1.63. The molecule has 0 atom stereocenters. The van der Waals surface area contributed by atoms with Gasteiger partial charge in [-0.15, -0.1) is 11.6 Å². The maximum atomic E-state index is 11.7. The Kier molecular flexibility index (Phi) is 8.65. The smallest absolute Gasteiger partial charge is 0.319 e. The summed E-state index contributed by atoms with van der Waals surface area (Å²) in [6, 6.07) is 5.63. The highest BCUT2D eigenvalue weighted by Gasteiger charge is 2.04. The van der Waals surface area contributed by atoms with Gasteiger partial charge in [-0.1, -0.05) is 22.0 Å². The molecule has 0 fully saturated rings. The molecule has 0 saturated carbocycles. The Balaban J connectivity index is 2.19. The molecule has 0 aliphatic carbocycles. The van der Waals surface area contributed by atoms with E-state index in [2.05, 4.69) is 31.9 Å². The quantitative estimate of drug-likeness (QED) is 0.490. The molecule has 1 aromatic rings. The molecule has 6 heteroatoms. The molecule has 0 aliphatic rings. The molecule has 0 radical (unpaired) electrons. The van der Waals surface area contributed by atoms with Crippen LogP contribution in [0.3, 0.4) is 0 Å². The number of hydrogen-bond acceptors (Lipinski definition) is 2. The van der Waals surface area contributed by atoms with Crippen LogP contribution in [0.2, 0.25) is 0 Å². The molecule has 20 heavy (non-hydrogen) atoms. The Labute approximate surface area is 133 Å². The molecule has 0 unspecified atom stereocenters. The molecule has 0 spiro atoms. The third-order valence-electron chi connectivity index (χ3n) is 2.75. The minimum atomic E-state index is -0.174. The maximum absolute atomic E-state index is 11.7. The van der Waals surface area contributed by atoms with Gasteiger partial charge in [0, 0.05) is 22.6 Å². The van der Waals surface area contributed by atoms with Gasteiger partial charge in [0.1, 0.15) is 0 Å². The summed E-state index contributed by atoms with van der Waals surface area (Å²) >= 11 is 8.97. The van der Waals surface area contributed by atoms with Crippen molar-refractivity contribution in [2.24, 2.45) is 0 Å². The predicted molar refractivity (Wildman–Crippen MR) is 88.7 cm³/mol. The number of aryl methyl sites for hydroxylation is 1. The molecule has 0 aliphatic heterocycles. The summed E-state index contributed by atoms with van der Waals surface area (Å²) in [5.41, 5.74) is 1.85. The van der Waals surface area contributed by atoms with Gasteiger partial charge in [-0.2, -0.15) is 0 Å². The van der Waals surface area contributed by atoms with Crippen molar-refractivity contribution in [1.29, 1.82) is 0 Å². The highest BCUT2D eigenvalue weighted by atomic mass is 79.9. The minimum absolute atomic E-state index is 0.174. The van der Waals surface area contributed by atoms with Gasteiger partial charge in [0.2, 0.25) is 0 Å². The zero-order chi connectivity index (χ0) is 14.8. The Morgan fingerprint density at radius 2 is 2.00 bits per heavy atom. The fraction of sp³-hybridized carbons (Fsp3) is 0.500. The van der Waals surface area contributed by atoms with Crippen LogP contribution >= 0.6 is 27.5 Å². The molecule has 4 nitrogen and oxygen atoms in total. The molecular weight excluding hydrogens is 342 g/mol. The summed E-state index contributed by atoms with van der Waals surface area (Å²) < 4.78 is 0.946. The van der Waals surface area contributed by atoms with Gasteiger partial charge in [-0.05, 0) is 50.6 Å². The van der Waals surface area contributed by atoms with E-state index in [0.717, 1.165) is 41.7 Å². The third kappa shape index (κ3) is 7.12. The van der Waals surface area contributed by atoms with Crippen LogP contribution in [0, 0.1) is 6.92 Å². The number of amides is 2. The zero-order valence-electron chi connectivity index (χ0n) is 11.6. The van der Waals surface area contributed by atoms with E-state index in [1.807, 2.05) is 25.1 Å². The highest BCUT2D eigenvalue weighted by molar-refractivity contribution is 9.10. The second-order valence-electron chi connectivity index (χ2n) is 4.49. The fourth-order valence-corrected chi connectivity index (χ4v) is 2.12. The van der Waals surface area contributed by atoms with Gasteiger partial charge >= 0.3 is 6.03 Å². The lowest BCUT2D eigenvalue weighted by molar-refractivity contribution is 0.252. The summed E-state index contributed by atoms with van der Waals surface area (Å²) in [6.07, 6.45) is 1.87. The number of urea groups is 1. The van der Waals surface area contributed by atoms with Crippen LogP contribution in [-0.4, -0.2) is 31.5 Å². The number of halogens is 2. The van der Waals surface area contributed by atoms with Crippen LogP contribution < -0.4 is 16.0 Å². The van der Waals surface area contributed by atoms with E-state index in [1.165, 1.54) is 0 Å². The van der Waals surface area contributed by atoms with Crippen LogP contribution in [0.4, 0.5) is 10.5 Å². The molecular formula is C14H21BrClN3O. The van der Waals surface area contributed by atoms with Crippen molar-refractivity contribution in [1.82, 2.24) is 10.6 Å². The number of anilines is 1. The van der Waals surface area contributed by atoms with Crippen molar-refractivity contribution in [3.05, 3.63) is 28.2 Å². The van der Waals surface area contributed by atoms with E-state index in [4.69, 9.17) is 11.6 Å². The van der Waals surface area contributed by atoms with Gasteiger partial charge in [0.25, 0.3) is 0 Å². The van der Waals surface area contributed by atoms with Gasteiger partial charge in [0.15, 0.2) is 0 Å². The Bertz CT molecular complexity index is 429. The second-order valence-corrected chi connectivity index (χ2v) is 5.78. The lowest BCUT2D eigenvalue weighted by Gasteiger charge is -2.10. The van der Waals surface area contributed by atoms with Crippen LogP contribution in [0.15, 0.2) is 22.7 Å². The average Bonchev–Trinajstić information content (AvgIpc) is 2.42. The summed E-state index contributed by atoms with van der Waals surface area (Å²) in [5.74, 6) is 0.680. The first kappa shape index (κ1) is 17.3. The SMILES string of the molecule is Cc1ccc(Br)cc1NC(=O)NCCCNCCCCl. The first-order valence-electron chi connectivity index (χ1n) is 6.71. The number of nitrogens with one attached hydrogen (secondary N) is 3. The lowest BCUT2D eigenvalue weighted by Crippen LogP contribution is -2.31. The topological polar surface area (TPSA) is 53.2 Å². The first-order valence-corrected chi connectivity index (χ1v) is 8.04. The molecule has 112 valence electrons. The van der Waals surface area contributed by atoms with Crippen molar-refractivity contribution in [3.8, 4) is 0 Å². The zero-order valence-corrected chi connectivity index (χ0v) is 14.0. The Hall–Kier alpha value is -0.780. The van der Waals surface area contributed by atoms with Gasteiger partial charge in [-0.25, -0.2) is 4.79 Å². The number of carbonyl (C=O) groups is 1. The minimum Gasteiger partial charge on any atom is -0.338 e. The first-order chi connectivity index (χ1) is 9.63. The van der Waals surface area contributed by atoms with Crippen molar-refractivity contribution < 1.29 is 4.79 Å². The Morgan fingerprint density at radius 3 is 2.75 bits per heavy atom. The summed E-state index contributed by atoms with van der Waals surface area (Å²) in [7, 11) is 0. The molecule has 0 heterocycles. The van der Waals surface area contributed by atoms with E-state index in [1.54, 1.807) is 0 Å². The van der Waals surface area contributed by atoms with E-state index < -0.39 is 0 Å². The van der Waals surface area contributed by atoms with Crippen molar-refractivity contribution in [3.63, 3.8) is 0 Å². The molecule has 2 amide bonds. The van der Waals surface area contributed by atoms with Gasteiger partial charge < -0.3 is 16.0 Å². The molecule has 1 aromatic carbocycles. The monoisotopic (exact) mass is 361 g/mol. The summed E-state index contributed by atoms with van der Waals surface area (Å²) in [5, 5.41) is 8.95. The van der Waals surface area contributed by atoms with Crippen LogP contribution in [0.1, 0.15) is 18.4 Å². The number of alkyl halides is 1. The second kappa shape index (κ2) is 10.0. The van der Waals surface area contributed by atoms with Crippen LogP contribution in [-0.2, 0) is 0 Å². The molecule has 3 N–H and O–H groups in total. The van der Waals surface area contributed by atoms with Gasteiger partial charge in [-0.3, -0.25) is 0 Å². The van der Waals surface area contributed by atoms with Crippen LogP contribution in [0.5, 0.6) is 0 Å². The highest BCUT2D eigenvalue weighted by Crippen LogP contribution is 2.20. The number of carbonyl (C=O) groups excluding carboxylic acids is 1. The van der Waals surface area contributed by atoms with E-state index in [-0.39, 0.29) is 6.03 Å². The average molecular weight is 363 g/mol. The van der Waals surface area contributed by atoms with E-state index >= 15 is 0 Å². The lowest BCUT2D eigenvalue weighted by atomic mass is 10.2. The van der Waals surface area contributed by atoms with Crippen molar-refractivity contribution in [2.45, 2.75) is 19.8 Å². The molecule has 0 aromatic heterocycles. The molecule has 1 rings (SSSR count). The van der Waals surface area contributed by atoms with Crippen molar-refractivity contribution in [2.75, 3.05) is 30.8 Å². The number of hydrogen-bond donors (Lipinski definition) is 3. The van der Waals surface area contributed by atoms with E-state index in [9.17, 15) is 4.79 Å². The molecule has 0 saturated heterocycles. The van der Waals surface area contributed by atoms with Crippen LogP contribution in [0.25, 0.3) is 0 Å². The molecule has 0 bridgehead atoms. The Morgan fingerprint density at radius 1 is 1.25 bits per heavy atom. The summed E-state index contributed by atoms with van der Waals surface area (Å²) in [4.78, 5) is 11.7. The third-order valence-corrected chi connectivity index (χ3v) is 3.51. The maximum Gasteiger partial charge on any atom is 0.319 e. The standard InChI is InChI=1S/C14H21BrClN3O/c1-11-4-5-12(15)10-13(11)19-14(20)18-9-3-8-17-7-2-6-16/h4-5,10,17H,2-3,6-9H2,1H3,(H2,18,19,20). The predicted octanol–water partition coefficient (Wildman–Crippen LogP) is 3.49. The van der Waals surface area contributed by atoms with Gasteiger partial charge in [0.05, 0.1) is 0 Å². The van der Waals surface area contributed by atoms with E-state index in [0.29, 0.717) is 12.4 Å². The number of benzene rings is 1. The number of rotatable bonds is 8. The normalized spacial score (nSPS) is 10.3. The van der Waals surface area contributed by atoms with Crippen molar-refractivity contribution >= 4 is 39.2 Å². The largest absolute Gasteiger partial charge is 0.338 e. The summed E-state index contributed by atoms with van der Waals surface area (Å²) in [6.45, 7) is 4.41.